The van der Waals surface area contributed by atoms with Gasteiger partial charge in [-0.05, 0) is 30.3 Å². The van der Waals surface area contributed by atoms with E-state index in [-0.39, 0.29) is 22.7 Å². The molecule has 0 aliphatic carbocycles. The fourth-order valence-electron chi connectivity index (χ4n) is 1.75. The van der Waals surface area contributed by atoms with E-state index in [4.69, 9.17) is 10.2 Å². The van der Waals surface area contributed by atoms with E-state index in [1.807, 2.05) is 0 Å². The van der Waals surface area contributed by atoms with Crippen LogP contribution in [-0.4, -0.2) is 32.1 Å². The summed E-state index contributed by atoms with van der Waals surface area (Å²) in [7, 11) is 0. The first-order valence-electron chi connectivity index (χ1n) is 6.24. The Morgan fingerprint density at radius 1 is 0.818 bits per heavy atom. The van der Waals surface area contributed by atoms with Crippen LogP contribution in [-0.2, 0) is 4.79 Å². The second-order valence-electron chi connectivity index (χ2n) is 4.56. The van der Waals surface area contributed by atoms with E-state index in [1.165, 1.54) is 18.2 Å². The van der Waals surface area contributed by atoms with Crippen LogP contribution in [0.3, 0.4) is 0 Å². The maximum atomic E-state index is 11.9. The first-order chi connectivity index (χ1) is 10.4. The van der Waals surface area contributed by atoms with Crippen molar-refractivity contribution >= 4 is 17.4 Å². The Morgan fingerprint density at radius 3 is 2.00 bits per heavy atom. The van der Waals surface area contributed by atoms with Crippen molar-refractivity contribution in [3.63, 3.8) is 0 Å². The molecule has 5 N–H and O–H groups in total. The molecule has 0 aliphatic heterocycles. The average Bonchev–Trinajstić information content (AvgIpc) is 2.45. The van der Waals surface area contributed by atoms with Gasteiger partial charge in [0.15, 0.2) is 28.8 Å². The number of Topliss-reactive ketones (excluding diaryl/α,β-unsaturated/α-hetero) is 1. The number of carbonyl (C=O) groups is 2. The monoisotopic (exact) mass is 303 g/mol. The van der Waals surface area contributed by atoms with Gasteiger partial charge in [0, 0.05) is 17.3 Å². The largest absolute Gasteiger partial charge is 0.504 e. The highest BCUT2D eigenvalue weighted by molar-refractivity contribution is 6.11. The van der Waals surface area contributed by atoms with E-state index in [0.717, 1.165) is 18.2 Å². The van der Waals surface area contributed by atoms with Crippen molar-refractivity contribution in [1.29, 1.82) is 0 Å². The number of aromatic hydroxyl groups is 4. The molecule has 7 nitrogen and oxygen atoms in total. The van der Waals surface area contributed by atoms with Gasteiger partial charge in [-0.1, -0.05) is 0 Å². The van der Waals surface area contributed by atoms with E-state index < -0.39 is 29.6 Å². The highest BCUT2D eigenvalue weighted by Crippen LogP contribution is 2.28. The number of carbonyl (C=O) groups excluding carboxylic acids is 2. The molecule has 2 aromatic carbocycles. The van der Waals surface area contributed by atoms with E-state index in [0.29, 0.717) is 0 Å². The Bertz CT molecular complexity index is 741. The lowest BCUT2D eigenvalue weighted by atomic mass is 10.1. The third kappa shape index (κ3) is 3.45. The third-order valence-electron chi connectivity index (χ3n) is 2.88. The van der Waals surface area contributed by atoms with Gasteiger partial charge in [0.05, 0.1) is 6.42 Å². The Kier molecular flexibility index (Phi) is 4.17. The number of amides is 1. The van der Waals surface area contributed by atoms with Crippen LogP contribution >= 0.6 is 0 Å². The lowest BCUT2D eigenvalue weighted by Crippen LogP contribution is -2.16. The van der Waals surface area contributed by atoms with Gasteiger partial charge in [-0.25, -0.2) is 0 Å². The maximum absolute atomic E-state index is 11.9. The molecule has 0 heterocycles. The van der Waals surface area contributed by atoms with E-state index in [9.17, 15) is 19.8 Å². The summed E-state index contributed by atoms with van der Waals surface area (Å²) >= 11 is 0. The predicted octanol–water partition coefficient (Wildman–Crippen LogP) is 1.72. The van der Waals surface area contributed by atoms with Crippen LogP contribution in [0.2, 0.25) is 0 Å². The van der Waals surface area contributed by atoms with Gasteiger partial charge in [-0.3, -0.25) is 9.59 Å². The predicted molar refractivity (Wildman–Crippen MR) is 77.1 cm³/mol. The molecule has 0 aromatic heterocycles. The van der Waals surface area contributed by atoms with Gasteiger partial charge < -0.3 is 25.7 Å². The number of phenols is 4. The summed E-state index contributed by atoms with van der Waals surface area (Å²) in [5.41, 5.74) is 0.306. The highest BCUT2D eigenvalue weighted by atomic mass is 16.3. The summed E-state index contributed by atoms with van der Waals surface area (Å²) in [5.74, 6) is -2.70. The lowest BCUT2D eigenvalue weighted by molar-refractivity contribution is -0.115. The lowest BCUT2D eigenvalue weighted by Gasteiger charge is -2.06. The Balaban J connectivity index is 2.03. The zero-order chi connectivity index (χ0) is 16.3. The summed E-state index contributed by atoms with van der Waals surface area (Å²) in [6.07, 6.45) is -0.480. The molecule has 0 spiro atoms. The second kappa shape index (κ2) is 6.04. The number of anilines is 1. The summed E-state index contributed by atoms with van der Waals surface area (Å²) in [5, 5.41) is 39.3. The van der Waals surface area contributed by atoms with E-state index in [2.05, 4.69) is 5.32 Å². The highest BCUT2D eigenvalue weighted by Gasteiger charge is 2.14. The van der Waals surface area contributed by atoms with Crippen LogP contribution in [0.15, 0.2) is 36.4 Å². The second-order valence-corrected chi connectivity index (χ2v) is 4.56. The van der Waals surface area contributed by atoms with E-state index >= 15 is 0 Å². The van der Waals surface area contributed by atoms with Gasteiger partial charge in [-0.2, -0.15) is 0 Å². The molecule has 0 saturated carbocycles. The minimum absolute atomic E-state index is 0.0824. The van der Waals surface area contributed by atoms with Crippen molar-refractivity contribution in [3.05, 3.63) is 42.0 Å². The van der Waals surface area contributed by atoms with Gasteiger partial charge in [0.2, 0.25) is 5.91 Å². The molecule has 1 amide bonds. The van der Waals surface area contributed by atoms with Crippen molar-refractivity contribution in [2.24, 2.45) is 0 Å². The van der Waals surface area contributed by atoms with Gasteiger partial charge >= 0.3 is 0 Å². The van der Waals surface area contributed by atoms with Gasteiger partial charge in [0.25, 0.3) is 0 Å². The molecule has 114 valence electrons. The molecule has 2 aromatic rings. The number of phenolic OH excluding ortho intramolecular Hbond substituents is 4. The Hall–Kier alpha value is -3.22. The molecule has 0 unspecified atom stereocenters. The summed E-state index contributed by atoms with van der Waals surface area (Å²) in [6.45, 7) is 0. The van der Waals surface area contributed by atoms with Gasteiger partial charge in [0.1, 0.15) is 0 Å². The SMILES string of the molecule is O=C(CC(=O)c1ccc(O)c(O)c1)Nc1ccc(O)c(O)c1. The molecule has 0 saturated heterocycles. The van der Waals surface area contributed by atoms with Crippen LogP contribution in [0, 0.1) is 0 Å². The molecule has 2 rings (SSSR count). The molecular weight excluding hydrogens is 290 g/mol. The van der Waals surface area contributed by atoms with Crippen LogP contribution in [0.25, 0.3) is 0 Å². The molecule has 0 aliphatic rings. The quantitative estimate of drug-likeness (QED) is 0.253. The maximum Gasteiger partial charge on any atom is 0.232 e. The minimum atomic E-state index is -0.623. The molecule has 0 fully saturated rings. The van der Waals surface area contributed by atoms with Crippen molar-refractivity contribution in [3.8, 4) is 23.0 Å². The molecule has 0 radical (unpaired) electrons. The first-order valence-corrected chi connectivity index (χ1v) is 6.24. The Morgan fingerprint density at radius 2 is 1.41 bits per heavy atom. The van der Waals surface area contributed by atoms with Crippen LogP contribution in [0.4, 0.5) is 5.69 Å². The normalized spacial score (nSPS) is 10.2. The summed E-state index contributed by atoms with van der Waals surface area (Å²) < 4.78 is 0. The van der Waals surface area contributed by atoms with Crippen molar-refractivity contribution in [2.75, 3.05) is 5.32 Å². The van der Waals surface area contributed by atoms with Gasteiger partial charge in [-0.15, -0.1) is 0 Å². The standard InChI is InChI=1S/C15H13NO6/c17-10-3-1-8(5-13(10)20)12(19)7-15(22)16-9-2-4-11(18)14(21)6-9/h1-6,17-18,20-21H,7H2,(H,16,22). The smallest absolute Gasteiger partial charge is 0.232 e. The summed E-state index contributed by atoms with van der Waals surface area (Å²) in [6, 6.07) is 7.21. The van der Waals surface area contributed by atoms with Crippen molar-refractivity contribution in [2.45, 2.75) is 6.42 Å². The molecule has 7 heteroatoms. The number of benzene rings is 2. The number of ketones is 1. The third-order valence-corrected chi connectivity index (χ3v) is 2.88. The molecular formula is C15H13NO6. The Labute approximate surface area is 125 Å². The van der Waals surface area contributed by atoms with Crippen molar-refractivity contribution in [1.82, 2.24) is 0 Å². The number of hydrogen-bond donors (Lipinski definition) is 5. The summed E-state index contributed by atoms with van der Waals surface area (Å²) in [4.78, 5) is 23.6. The fraction of sp³-hybridized carbons (Fsp3) is 0.0667. The zero-order valence-electron chi connectivity index (χ0n) is 11.3. The first kappa shape index (κ1) is 15.2. The fourth-order valence-corrected chi connectivity index (χ4v) is 1.75. The molecule has 0 atom stereocenters. The number of nitrogens with one attached hydrogen (secondary N) is 1. The molecule has 0 bridgehead atoms. The average molecular weight is 303 g/mol. The topological polar surface area (TPSA) is 127 Å². The van der Waals surface area contributed by atoms with E-state index in [1.54, 1.807) is 0 Å². The molecule has 22 heavy (non-hydrogen) atoms. The number of hydrogen-bond acceptors (Lipinski definition) is 6. The number of rotatable bonds is 4. The van der Waals surface area contributed by atoms with Crippen LogP contribution < -0.4 is 5.32 Å². The zero-order valence-corrected chi connectivity index (χ0v) is 11.3. The van der Waals surface area contributed by atoms with Crippen LogP contribution in [0.1, 0.15) is 16.8 Å². The van der Waals surface area contributed by atoms with Crippen LogP contribution in [0.5, 0.6) is 23.0 Å². The minimum Gasteiger partial charge on any atom is -0.504 e. The van der Waals surface area contributed by atoms with Crippen molar-refractivity contribution < 1.29 is 30.0 Å².